The number of carbonyl (C=O) groups excluding carboxylic acids is 1. The van der Waals surface area contributed by atoms with E-state index in [4.69, 9.17) is 5.11 Å². The number of urea groups is 1. The van der Waals surface area contributed by atoms with Crippen LogP contribution in [-0.2, 0) is 10.2 Å². The fraction of sp³-hybridized carbons (Fsp3) is 0.619. The minimum atomic E-state index is -0.810. The van der Waals surface area contributed by atoms with Crippen LogP contribution >= 0.6 is 0 Å². The van der Waals surface area contributed by atoms with Crippen molar-refractivity contribution < 1.29 is 14.7 Å². The van der Waals surface area contributed by atoms with E-state index in [1.165, 1.54) is 11.1 Å². The van der Waals surface area contributed by atoms with Crippen molar-refractivity contribution in [1.29, 1.82) is 0 Å². The monoisotopic (exact) mass is 375 g/mol. The van der Waals surface area contributed by atoms with Gasteiger partial charge < -0.3 is 15.3 Å². The number of aliphatic carboxylic acids is 1. The van der Waals surface area contributed by atoms with Crippen molar-refractivity contribution >= 4 is 12.0 Å². The van der Waals surface area contributed by atoms with Crippen LogP contribution in [0.2, 0.25) is 0 Å². The summed E-state index contributed by atoms with van der Waals surface area (Å²) in [5.74, 6) is -0.810. The zero-order valence-electron chi connectivity index (χ0n) is 17.0. The molecule has 0 aromatic heterocycles. The van der Waals surface area contributed by atoms with Crippen LogP contribution in [-0.4, -0.2) is 66.2 Å². The first-order valence-electron chi connectivity index (χ1n) is 9.71. The SMILES string of the molecule is Cc1cccc(C(C)(C)CNC(=O)N2CCCC(N(C)CC(=O)O)CC2)c1. The van der Waals surface area contributed by atoms with Gasteiger partial charge >= 0.3 is 12.0 Å². The third-order valence-corrected chi connectivity index (χ3v) is 5.47. The fourth-order valence-electron chi connectivity index (χ4n) is 3.64. The Bertz CT molecular complexity index is 660. The van der Waals surface area contributed by atoms with Gasteiger partial charge in [0.15, 0.2) is 0 Å². The average Bonchev–Trinajstić information content (AvgIpc) is 2.85. The molecule has 1 unspecified atom stereocenters. The number of carbonyl (C=O) groups is 2. The second-order valence-corrected chi connectivity index (χ2v) is 8.29. The minimum Gasteiger partial charge on any atom is -0.480 e. The second-order valence-electron chi connectivity index (χ2n) is 8.29. The Hall–Kier alpha value is -2.08. The molecule has 2 amide bonds. The maximum atomic E-state index is 12.7. The van der Waals surface area contributed by atoms with E-state index in [-0.39, 0.29) is 24.0 Å². The Morgan fingerprint density at radius 1 is 1.30 bits per heavy atom. The highest BCUT2D eigenvalue weighted by Gasteiger charge is 2.26. The molecule has 6 heteroatoms. The smallest absolute Gasteiger partial charge is 0.317 e. The molecular formula is C21H33N3O3. The van der Waals surface area contributed by atoms with E-state index in [0.29, 0.717) is 19.6 Å². The number of nitrogens with one attached hydrogen (secondary N) is 1. The number of nitrogens with zero attached hydrogens (tertiary/aromatic N) is 2. The van der Waals surface area contributed by atoms with Gasteiger partial charge in [0.2, 0.25) is 0 Å². The largest absolute Gasteiger partial charge is 0.480 e. The summed E-state index contributed by atoms with van der Waals surface area (Å²) in [5, 5.41) is 12.1. The van der Waals surface area contributed by atoms with E-state index in [0.717, 1.165) is 19.3 Å². The molecule has 1 heterocycles. The van der Waals surface area contributed by atoms with Crippen molar-refractivity contribution in [3.05, 3.63) is 35.4 Å². The molecule has 1 aromatic carbocycles. The van der Waals surface area contributed by atoms with Gasteiger partial charge in [-0.3, -0.25) is 9.69 Å². The first-order chi connectivity index (χ1) is 12.7. The lowest BCUT2D eigenvalue weighted by Crippen LogP contribution is -2.45. The fourth-order valence-corrected chi connectivity index (χ4v) is 3.64. The minimum absolute atomic E-state index is 0.0303. The van der Waals surface area contributed by atoms with Gasteiger partial charge in [-0.25, -0.2) is 4.79 Å². The number of amides is 2. The summed E-state index contributed by atoms with van der Waals surface area (Å²) >= 11 is 0. The normalized spacial score (nSPS) is 18.3. The maximum absolute atomic E-state index is 12.7. The first-order valence-corrected chi connectivity index (χ1v) is 9.71. The molecule has 1 fully saturated rings. The molecule has 1 aromatic rings. The molecule has 1 saturated heterocycles. The number of hydrogen-bond acceptors (Lipinski definition) is 3. The van der Waals surface area contributed by atoms with Gasteiger partial charge in [-0.1, -0.05) is 43.7 Å². The predicted molar refractivity (Wildman–Crippen MR) is 107 cm³/mol. The van der Waals surface area contributed by atoms with Crippen LogP contribution < -0.4 is 5.32 Å². The molecule has 0 spiro atoms. The van der Waals surface area contributed by atoms with E-state index in [1.54, 1.807) is 0 Å². The zero-order valence-corrected chi connectivity index (χ0v) is 17.0. The van der Waals surface area contributed by atoms with Crippen LogP contribution in [0, 0.1) is 6.92 Å². The highest BCUT2D eigenvalue weighted by Crippen LogP contribution is 2.23. The van der Waals surface area contributed by atoms with Crippen molar-refractivity contribution in [1.82, 2.24) is 15.1 Å². The number of likely N-dealkylation sites (N-methyl/N-ethyl adjacent to an activating group) is 1. The van der Waals surface area contributed by atoms with Crippen LogP contribution in [0.4, 0.5) is 4.79 Å². The molecule has 0 radical (unpaired) electrons. The number of carboxylic acids is 1. The molecule has 0 saturated carbocycles. The standard InChI is InChI=1S/C21H33N3O3/c1-16-7-5-8-17(13-16)21(2,3)15-22-20(27)24-11-6-9-18(10-12-24)23(4)14-19(25)26/h5,7-8,13,18H,6,9-12,14-15H2,1-4H3,(H,22,27)(H,25,26). The molecule has 0 bridgehead atoms. The zero-order chi connectivity index (χ0) is 20.0. The molecule has 1 aliphatic heterocycles. The van der Waals surface area contributed by atoms with E-state index in [9.17, 15) is 9.59 Å². The summed E-state index contributed by atoms with van der Waals surface area (Å²) < 4.78 is 0. The van der Waals surface area contributed by atoms with E-state index < -0.39 is 5.97 Å². The summed E-state index contributed by atoms with van der Waals surface area (Å²) in [4.78, 5) is 27.3. The Balaban J connectivity index is 1.88. The van der Waals surface area contributed by atoms with Crippen LogP contribution in [0.25, 0.3) is 0 Å². The average molecular weight is 376 g/mol. The number of benzene rings is 1. The highest BCUT2D eigenvalue weighted by atomic mass is 16.4. The predicted octanol–water partition coefficient (Wildman–Crippen LogP) is 2.85. The Labute approximate surface area is 162 Å². The topological polar surface area (TPSA) is 72.9 Å². The first kappa shape index (κ1) is 21.2. The molecule has 27 heavy (non-hydrogen) atoms. The summed E-state index contributed by atoms with van der Waals surface area (Å²) in [5.41, 5.74) is 2.29. The van der Waals surface area contributed by atoms with Crippen molar-refractivity contribution in [3.8, 4) is 0 Å². The second kappa shape index (κ2) is 9.22. The van der Waals surface area contributed by atoms with Crippen LogP contribution in [0.15, 0.2) is 24.3 Å². The van der Waals surface area contributed by atoms with Gasteiger partial charge in [-0.15, -0.1) is 0 Å². The molecule has 2 rings (SSSR count). The molecule has 1 aliphatic rings. The third-order valence-electron chi connectivity index (χ3n) is 5.47. The van der Waals surface area contributed by atoms with E-state index in [2.05, 4.69) is 50.4 Å². The summed E-state index contributed by atoms with van der Waals surface area (Å²) in [6.07, 6.45) is 2.62. The number of rotatable bonds is 6. The summed E-state index contributed by atoms with van der Waals surface area (Å²) in [6.45, 7) is 8.35. The molecular weight excluding hydrogens is 342 g/mol. The summed E-state index contributed by atoms with van der Waals surface area (Å²) in [6, 6.07) is 8.58. The van der Waals surface area contributed by atoms with Gasteiger partial charge in [0.05, 0.1) is 6.54 Å². The molecule has 6 nitrogen and oxygen atoms in total. The molecule has 0 aliphatic carbocycles. The Kier molecular flexibility index (Phi) is 7.25. The highest BCUT2D eigenvalue weighted by molar-refractivity contribution is 5.74. The van der Waals surface area contributed by atoms with Crippen molar-refractivity contribution in [3.63, 3.8) is 0 Å². The lowest BCUT2D eigenvalue weighted by molar-refractivity contribution is -0.138. The molecule has 1 atom stereocenters. The van der Waals surface area contributed by atoms with Gasteiger partial charge in [-0.2, -0.15) is 0 Å². The lowest BCUT2D eigenvalue weighted by atomic mass is 9.84. The van der Waals surface area contributed by atoms with Crippen LogP contribution in [0.1, 0.15) is 44.2 Å². The van der Waals surface area contributed by atoms with Crippen molar-refractivity contribution in [2.75, 3.05) is 33.2 Å². The maximum Gasteiger partial charge on any atom is 0.317 e. The van der Waals surface area contributed by atoms with Gasteiger partial charge in [0, 0.05) is 31.1 Å². The van der Waals surface area contributed by atoms with Crippen molar-refractivity contribution in [2.45, 2.75) is 51.5 Å². The van der Waals surface area contributed by atoms with E-state index >= 15 is 0 Å². The Morgan fingerprint density at radius 2 is 2.04 bits per heavy atom. The molecule has 150 valence electrons. The van der Waals surface area contributed by atoms with Crippen molar-refractivity contribution in [2.24, 2.45) is 0 Å². The number of carboxylic acid groups (broad SMARTS) is 1. The number of likely N-dealkylation sites (tertiary alicyclic amines) is 1. The number of aryl methyl sites for hydroxylation is 1. The van der Waals surface area contributed by atoms with Gasteiger partial charge in [0.25, 0.3) is 0 Å². The quantitative estimate of drug-likeness (QED) is 0.802. The van der Waals surface area contributed by atoms with Crippen LogP contribution in [0.3, 0.4) is 0 Å². The van der Waals surface area contributed by atoms with Gasteiger partial charge in [-0.05, 0) is 38.8 Å². The van der Waals surface area contributed by atoms with Gasteiger partial charge in [0.1, 0.15) is 0 Å². The lowest BCUT2D eigenvalue weighted by Gasteiger charge is -2.29. The molecule has 2 N–H and O–H groups in total. The Morgan fingerprint density at radius 3 is 2.70 bits per heavy atom. The number of hydrogen-bond donors (Lipinski definition) is 2. The van der Waals surface area contributed by atoms with Crippen LogP contribution in [0.5, 0.6) is 0 Å². The van der Waals surface area contributed by atoms with E-state index in [1.807, 2.05) is 16.8 Å². The summed E-state index contributed by atoms with van der Waals surface area (Å²) in [7, 11) is 1.85. The third kappa shape index (κ3) is 6.24.